The van der Waals surface area contributed by atoms with Crippen molar-refractivity contribution in [3.8, 4) is 11.4 Å². The molecule has 0 fully saturated rings. The molecule has 41 heavy (non-hydrogen) atoms. The van der Waals surface area contributed by atoms with E-state index in [9.17, 15) is 28.4 Å². The molecule has 0 unspecified atom stereocenters. The molecule has 2 aromatic heterocycles. The van der Waals surface area contributed by atoms with Gasteiger partial charge in [0.25, 0.3) is 5.56 Å². The Morgan fingerprint density at radius 1 is 1.29 bits per heavy atom. The Morgan fingerprint density at radius 3 is 2.76 bits per heavy atom. The highest BCUT2D eigenvalue weighted by atomic mass is 31.2. The number of ether oxygens (including phenoxy) is 2. The number of aryl methyl sites for hydroxylation is 1. The summed E-state index contributed by atoms with van der Waals surface area (Å²) < 4.78 is 41.4. The van der Waals surface area contributed by atoms with Crippen LogP contribution in [0, 0.1) is 12.7 Å². The van der Waals surface area contributed by atoms with Crippen LogP contribution in [0.1, 0.15) is 59.2 Å². The molecule has 13 nitrogen and oxygen atoms in total. The molecule has 1 aromatic carbocycles. The average Bonchev–Trinajstić information content (AvgIpc) is 3.28. The van der Waals surface area contributed by atoms with Gasteiger partial charge >= 0.3 is 19.9 Å². The highest BCUT2D eigenvalue weighted by Crippen LogP contribution is 2.46. The molecular formula is C26H25FN3O10P. The Hall–Kier alpha value is -3.68. The molecule has 216 valence electrons. The maximum Gasteiger partial charge on any atom is 0.472 e. The molecule has 0 saturated heterocycles. The fourth-order valence-electron chi connectivity index (χ4n) is 6.03. The number of fused-ring (bicyclic) bond motifs is 5. The van der Waals surface area contributed by atoms with Crippen LogP contribution in [0.2, 0.25) is 0 Å². The van der Waals surface area contributed by atoms with Gasteiger partial charge in [-0.1, -0.05) is 6.92 Å². The van der Waals surface area contributed by atoms with Crippen LogP contribution >= 0.6 is 7.82 Å². The van der Waals surface area contributed by atoms with Crippen LogP contribution in [0.4, 0.5) is 9.18 Å². The van der Waals surface area contributed by atoms with Crippen molar-refractivity contribution in [1.29, 1.82) is 0 Å². The lowest BCUT2D eigenvalue weighted by Gasteiger charge is -2.31. The number of hydrogen-bond donors (Lipinski definition) is 4. The van der Waals surface area contributed by atoms with Gasteiger partial charge in [0, 0.05) is 22.6 Å². The Morgan fingerprint density at radius 2 is 2.05 bits per heavy atom. The molecule has 0 spiro atoms. The number of phosphoric ester groups is 1. The predicted molar refractivity (Wildman–Crippen MR) is 138 cm³/mol. The number of alkyl carbamates (subject to hydrolysis) is 1. The number of nitrogens with zero attached hydrogens (tertiary/aromatic N) is 2. The van der Waals surface area contributed by atoms with Gasteiger partial charge in [0.1, 0.15) is 12.4 Å². The lowest BCUT2D eigenvalue weighted by molar-refractivity contribution is -0.172. The van der Waals surface area contributed by atoms with Gasteiger partial charge in [-0.25, -0.2) is 28.1 Å². The standard InChI is InChI=1S/C26H25FN3O10P/c1-3-26(34)15-6-19-22-13(8-30(19)23(31)14(15)9-38-24(26)32)21-17(29-25(33)39-10-40-41(35,36)37)5-4-12-11(2)16(27)7-18(28-22)20(12)21/h6-7,17,34H,3-5,8-10H2,1-2H3,(H,29,33)(H2,35,36,37)/t17-,26-/m0/s1. The number of rotatable bonds is 5. The maximum atomic E-state index is 15.0. The van der Waals surface area contributed by atoms with Crippen molar-refractivity contribution in [2.75, 3.05) is 6.79 Å². The number of aromatic nitrogens is 2. The Balaban J connectivity index is 1.51. The third kappa shape index (κ3) is 4.25. The smallest absolute Gasteiger partial charge is 0.458 e. The highest BCUT2D eigenvalue weighted by Gasteiger charge is 2.46. The summed E-state index contributed by atoms with van der Waals surface area (Å²) in [7, 11) is -4.86. The molecule has 1 amide bonds. The number of aliphatic hydroxyl groups is 1. The van der Waals surface area contributed by atoms with Crippen molar-refractivity contribution in [1.82, 2.24) is 14.9 Å². The molecule has 4 N–H and O–H groups in total. The fraction of sp³-hybridized carbons (Fsp3) is 0.385. The molecule has 1 aliphatic carbocycles. The second-order valence-corrected chi connectivity index (χ2v) is 11.5. The first-order valence-electron chi connectivity index (χ1n) is 12.8. The van der Waals surface area contributed by atoms with E-state index in [4.69, 9.17) is 24.2 Å². The summed E-state index contributed by atoms with van der Waals surface area (Å²) in [5.41, 5.74) is 1.09. The van der Waals surface area contributed by atoms with Gasteiger partial charge in [-0.05, 0) is 48.9 Å². The molecule has 2 atom stereocenters. The van der Waals surface area contributed by atoms with E-state index in [2.05, 4.69) is 9.84 Å². The number of carbonyl (C=O) groups excluding carboxylic acids is 2. The number of phosphoric acid groups is 1. The Labute approximate surface area is 231 Å². The summed E-state index contributed by atoms with van der Waals surface area (Å²) in [6.45, 7) is 2.02. The van der Waals surface area contributed by atoms with Crippen LogP contribution < -0.4 is 10.9 Å². The van der Waals surface area contributed by atoms with Crippen LogP contribution in [0.15, 0.2) is 16.9 Å². The topological polar surface area (TPSA) is 187 Å². The number of carbonyl (C=O) groups is 2. The first-order chi connectivity index (χ1) is 19.3. The van der Waals surface area contributed by atoms with Crippen molar-refractivity contribution in [2.45, 2.75) is 57.9 Å². The fourth-order valence-corrected chi connectivity index (χ4v) is 6.22. The third-order valence-corrected chi connectivity index (χ3v) is 8.52. The van der Waals surface area contributed by atoms with E-state index in [-0.39, 0.29) is 30.7 Å². The third-order valence-electron chi connectivity index (χ3n) is 8.08. The van der Waals surface area contributed by atoms with E-state index >= 15 is 0 Å². The van der Waals surface area contributed by atoms with Gasteiger partial charge in [0.15, 0.2) is 5.60 Å². The largest absolute Gasteiger partial charge is 0.472 e. The summed E-state index contributed by atoms with van der Waals surface area (Å²) in [6.07, 6.45) is -0.312. The lowest BCUT2D eigenvalue weighted by Crippen LogP contribution is -2.44. The molecule has 0 saturated carbocycles. The highest BCUT2D eigenvalue weighted by molar-refractivity contribution is 7.46. The monoisotopic (exact) mass is 589 g/mol. The zero-order valence-corrected chi connectivity index (χ0v) is 22.8. The Kier molecular flexibility index (Phi) is 6.32. The minimum Gasteiger partial charge on any atom is -0.458 e. The van der Waals surface area contributed by atoms with Crippen molar-refractivity contribution < 1.29 is 47.4 Å². The van der Waals surface area contributed by atoms with Crippen LogP contribution in [0.25, 0.3) is 22.3 Å². The first kappa shape index (κ1) is 27.5. The molecule has 0 radical (unpaired) electrons. The number of benzene rings is 1. The number of cyclic esters (lactones) is 1. The van der Waals surface area contributed by atoms with E-state index in [0.29, 0.717) is 57.4 Å². The summed E-state index contributed by atoms with van der Waals surface area (Å²) in [5, 5.41) is 14.4. The van der Waals surface area contributed by atoms with Crippen LogP contribution in [-0.2, 0) is 48.5 Å². The van der Waals surface area contributed by atoms with Crippen molar-refractivity contribution in [3.63, 3.8) is 0 Å². The predicted octanol–water partition coefficient (Wildman–Crippen LogP) is 2.31. The number of hydrogen-bond acceptors (Lipinski definition) is 9. The van der Waals surface area contributed by atoms with Gasteiger partial charge in [0.2, 0.25) is 6.79 Å². The number of esters is 1. The van der Waals surface area contributed by atoms with Crippen LogP contribution in [-0.4, -0.2) is 43.3 Å². The number of nitrogens with one attached hydrogen (secondary N) is 1. The van der Waals surface area contributed by atoms with Crippen molar-refractivity contribution in [2.24, 2.45) is 0 Å². The molecule has 0 bridgehead atoms. The van der Waals surface area contributed by atoms with E-state index in [1.165, 1.54) is 10.6 Å². The quantitative estimate of drug-likeness (QED) is 0.152. The minimum atomic E-state index is -4.86. The van der Waals surface area contributed by atoms with Gasteiger partial charge in [0.05, 0.1) is 35.1 Å². The van der Waals surface area contributed by atoms with E-state index in [1.807, 2.05) is 0 Å². The van der Waals surface area contributed by atoms with E-state index in [1.54, 1.807) is 19.9 Å². The Bertz CT molecular complexity index is 1780. The molecular weight excluding hydrogens is 564 g/mol. The van der Waals surface area contributed by atoms with Crippen molar-refractivity contribution >= 4 is 30.8 Å². The number of amides is 1. The zero-order chi connectivity index (χ0) is 29.4. The first-order valence-corrected chi connectivity index (χ1v) is 14.3. The van der Waals surface area contributed by atoms with Crippen molar-refractivity contribution in [3.05, 3.63) is 61.7 Å². The SMILES string of the molecule is CC[C@@]1(O)C(=O)OCc2c1cc1n(c2=O)Cc2c-1nc1cc(F)c(C)c3c1c2[C@@H](NC(=O)OCOP(=O)(O)O)CC3. The summed E-state index contributed by atoms with van der Waals surface area (Å²) in [6, 6.07) is 2.14. The molecule has 2 aliphatic heterocycles. The van der Waals surface area contributed by atoms with E-state index < -0.39 is 49.7 Å². The minimum absolute atomic E-state index is 0.0291. The number of pyridine rings is 2. The molecule has 4 heterocycles. The zero-order valence-electron chi connectivity index (χ0n) is 21.9. The van der Waals surface area contributed by atoms with Crippen LogP contribution in [0.5, 0.6) is 0 Å². The van der Waals surface area contributed by atoms with Gasteiger partial charge in [-0.3, -0.25) is 4.79 Å². The van der Waals surface area contributed by atoms with Gasteiger partial charge in [-0.15, -0.1) is 0 Å². The summed E-state index contributed by atoms with van der Waals surface area (Å²) in [5.74, 6) is -1.32. The normalized spacial score (nSPS) is 20.7. The van der Waals surface area contributed by atoms with Gasteiger partial charge in [-0.2, -0.15) is 0 Å². The number of halogens is 1. The lowest BCUT2D eigenvalue weighted by atomic mass is 9.81. The average molecular weight is 589 g/mol. The van der Waals surface area contributed by atoms with Crippen LogP contribution in [0.3, 0.4) is 0 Å². The second-order valence-electron chi connectivity index (χ2n) is 10.2. The second kappa shape index (κ2) is 9.43. The van der Waals surface area contributed by atoms with Gasteiger partial charge < -0.3 is 34.3 Å². The summed E-state index contributed by atoms with van der Waals surface area (Å²) in [4.78, 5) is 61.1. The van der Waals surface area contributed by atoms with E-state index in [0.717, 1.165) is 0 Å². The molecule has 3 aromatic rings. The molecule has 6 rings (SSSR count). The molecule has 15 heteroatoms. The summed E-state index contributed by atoms with van der Waals surface area (Å²) >= 11 is 0. The maximum absolute atomic E-state index is 15.0. The molecule has 3 aliphatic rings.